The summed E-state index contributed by atoms with van der Waals surface area (Å²) in [5.74, 6) is 6.85. The van der Waals surface area contributed by atoms with E-state index in [-0.39, 0.29) is 64.3 Å². The van der Waals surface area contributed by atoms with E-state index in [1.165, 1.54) is 53.2 Å². The molecule has 13 aromatic heterocycles. The van der Waals surface area contributed by atoms with Crippen molar-refractivity contribution in [1.82, 2.24) is 104 Å². The monoisotopic (exact) mass is 1730 g/mol. The number of nitrogens with one attached hydrogen (secondary N) is 8. The van der Waals surface area contributed by atoms with Gasteiger partial charge in [0.05, 0.1) is 95.7 Å². The lowest BCUT2D eigenvalue weighted by atomic mass is 10.1. The number of hydrogen-bond acceptors (Lipinski definition) is 34. The zero-order valence-electron chi connectivity index (χ0n) is 72.1. The van der Waals surface area contributed by atoms with E-state index in [1.807, 2.05) is 13.0 Å². The number of pyridine rings is 9. The van der Waals surface area contributed by atoms with Crippen LogP contribution in [0, 0.1) is 29.1 Å². The molecule has 3 amide bonds. The number of aryl methyl sites for hydroxylation is 4. The van der Waals surface area contributed by atoms with E-state index >= 15 is 0 Å². The van der Waals surface area contributed by atoms with Gasteiger partial charge in [-0.3, -0.25) is 52.3 Å². The number of aromatic nitrogens is 21. The van der Waals surface area contributed by atoms with Crippen LogP contribution in [0.1, 0.15) is 146 Å². The first-order chi connectivity index (χ1) is 62.0. The van der Waals surface area contributed by atoms with Crippen LogP contribution < -0.4 is 61.5 Å². The van der Waals surface area contributed by atoms with Gasteiger partial charge in [-0.1, -0.05) is 33.8 Å². The van der Waals surface area contributed by atoms with Gasteiger partial charge in [0, 0.05) is 145 Å². The zero-order valence-corrected chi connectivity index (χ0v) is 72.1. The van der Waals surface area contributed by atoms with Gasteiger partial charge in [0.15, 0.2) is 92.7 Å². The molecule has 41 nitrogen and oxygen atoms in total. The van der Waals surface area contributed by atoms with Crippen LogP contribution in [-0.4, -0.2) is 173 Å². The number of rotatable bonds is 33. The molecule has 0 aromatic carbocycles. The minimum atomic E-state index is -0.0901. The molecule has 3 aliphatic rings. The maximum Gasteiger partial charge on any atom is 0.228 e. The van der Waals surface area contributed by atoms with Gasteiger partial charge in [-0.2, -0.15) is 25.7 Å². The van der Waals surface area contributed by atoms with E-state index in [4.69, 9.17) is 24.2 Å². The minimum absolute atomic E-state index is 0.0408. The summed E-state index contributed by atoms with van der Waals surface area (Å²) in [6.45, 7) is 9.79. The van der Waals surface area contributed by atoms with Crippen molar-refractivity contribution in [2.24, 2.45) is 38.9 Å². The van der Waals surface area contributed by atoms with Gasteiger partial charge in [-0.25, -0.2) is 64.8 Å². The third-order valence-electron chi connectivity index (χ3n) is 19.9. The van der Waals surface area contributed by atoms with Gasteiger partial charge < -0.3 is 61.5 Å². The largest absolute Gasteiger partial charge is 0.492 e. The van der Waals surface area contributed by atoms with Crippen LogP contribution >= 0.6 is 0 Å². The Kier molecular flexibility index (Phi) is 28.8. The van der Waals surface area contributed by atoms with Gasteiger partial charge in [0.1, 0.15) is 66.2 Å². The van der Waals surface area contributed by atoms with Gasteiger partial charge >= 0.3 is 0 Å². The van der Waals surface area contributed by atoms with Crippen molar-refractivity contribution in [3.05, 3.63) is 170 Å². The quantitative estimate of drug-likeness (QED) is 0.0177. The molecule has 0 bridgehead atoms. The minimum Gasteiger partial charge on any atom is -0.492 e. The average molecular weight is 1730 g/mol. The molecule has 3 aliphatic carbocycles. The van der Waals surface area contributed by atoms with Crippen LogP contribution in [0.4, 0.5) is 75.1 Å². The first-order valence-electron chi connectivity index (χ1n) is 40.9. The molecule has 0 radical (unpaired) electrons. The molecule has 41 heteroatoms. The number of methoxy groups -OCH3 is 4. The molecular formula is C87H92N30O11. The second-order valence-corrected chi connectivity index (χ2v) is 29.1. The summed E-state index contributed by atoms with van der Waals surface area (Å²) < 4.78 is 28.9. The lowest BCUT2D eigenvalue weighted by molar-refractivity contribution is -0.118. The van der Waals surface area contributed by atoms with Crippen LogP contribution in [0.5, 0.6) is 23.0 Å². The van der Waals surface area contributed by atoms with E-state index in [9.17, 15) is 33.6 Å². The van der Waals surface area contributed by atoms with E-state index < -0.39 is 0 Å². The lowest BCUT2D eigenvalue weighted by Gasteiger charge is -2.16. The van der Waals surface area contributed by atoms with E-state index in [0.717, 1.165) is 38.5 Å². The third-order valence-corrected chi connectivity index (χ3v) is 19.9. The number of carbonyl (C=O) groups excluding carboxylic acids is 7. The molecule has 0 atom stereocenters. The standard InChI is InChI=1S/C23H21N9O2.C22H25N7O3.2C21H23N7O3/c1-4-18(33)16-12-26-20(30-19-7-5-6-14(11-24)28-19)10-17(16)29-23-21(34-3)15(8-9-25-23)22-27-13-32(2)31-22;1-4-17(30)15-11-24-18(27-22(31)13-6-7-13)10-16(15)26-21-19(32-3)14(8-9-23-21)20-25-12-29(5-2)28-20;2*1-4-16(29)14-10-23-17(26-21(30)12-5-6-12)9-15(14)25-20-18(31-3)13(7-8-22-20)19-24-11-28(2)27-19/h5-10,12-13H,4H2,1-3H3,(H2,25,26,28,29,30);8-13H,4-7H2,1-3H3,(H2,23,24,26,27,31);2*7-12H,4-6H2,1-3H3,(H2,22,23,25,26,30). The fourth-order valence-electron chi connectivity index (χ4n) is 12.7. The maximum atomic E-state index is 12.6. The first kappa shape index (κ1) is 89.4. The average Bonchev–Trinajstić information content (AvgIpc) is 1.37. The number of nitriles is 1. The summed E-state index contributed by atoms with van der Waals surface area (Å²) in [6, 6.07) is 20.7. The van der Waals surface area contributed by atoms with Gasteiger partial charge in [-0.15, -0.1) is 0 Å². The molecule has 0 saturated heterocycles. The molecule has 3 saturated carbocycles. The van der Waals surface area contributed by atoms with Crippen molar-refractivity contribution in [2.75, 3.05) is 71.0 Å². The van der Waals surface area contributed by atoms with Crippen LogP contribution in [0.25, 0.3) is 45.6 Å². The normalized spacial score (nSPS) is 12.3. The highest BCUT2D eigenvalue weighted by Gasteiger charge is 2.33. The molecule has 13 aromatic rings. The summed E-state index contributed by atoms with van der Waals surface area (Å²) in [6.07, 6.45) is 25.3. The number of carbonyl (C=O) groups is 7. The topological polar surface area (TPSA) is 515 Å². The molecule has 0 unspecified atom stereocenters. The maximum absolute atomic E-state index is 12.6. The molecule has 13 heterocycles. The molecule has 8 N–H and O–H groups in total. The molecule has 3 fully saturated rings. The molecule has 0 spiro atoms. The Labute approximate surface area is 733 Å². The highest BCUT2D eigenvalue weighted by Crippen LogP contribution is 2.42. The third kappa shape index (κ3) is 22.0. The summed E-state index contributed by atoms with van der Waals surface area (Å²) >= 11 is 0. The van der Waals surface area contributed by atoms with Crippen LogP contribution in [0.2, 0.25) is 0 Å². The Balaban J connectivity index is 0.000000146. The summed E-state index contributed by atoms with van der Waals surface area (Å²) in [4.78, 5) is 143. The van der Waals surface area contributed by atoms with Crippen LogP contribution in [-0.2, 0) is 42.1 Å². The number of nitrogens with zero attached hydrogens (tertiary/aromatic N) is 22. The van der Waals surface area contributed by atoms with Crippen molar-refractivity contribution < 1.29 is 52.5 Å². The lowest BCUT2D eigenvalue weighted by Crippen LogP contribution is -2.15. The second-order valence-electron chi connectivity index (χ2n) is 29.1. The summed E-state index contributed by atoms with van der Waals surface area (Å²) in [5.41, 5.74) is 6.41. The fourth-order valence-corrected chi connectivity index (χ4v) is 12.7. The number of Topliss-reactive ketones (excluding diaryl/α,β-unsaturated/α-hetero) is 4. The Morgan fingerprint density at radius 3 is 0.938 bits per heavy atom. The predicted octanol–water partition coefficient (Wildman–Crippen LogP) is 13.0. The van der Waals surface area contributed by atoms with Gasteiger partial charge in [0.2, 0.25) is 17.7 Å². The molecule has 16 rings (SSSR count). The fraction of sp³-hybridized carbons (Fsp3) is 0.299. The number of amides is 3. The van der Waals surface area contributed by atoms with Crippen molar-refractivity contribution in [1.29, 1.82) is 5.26 Å². The van der Waals surface area contributed by atoms with Crippen molar-refractivity contribution in [2.45, 2.75) is 105 Å². The van der Waals surface area contributed by atoms with E-state index in [2.05, 4.69) is 128 Å². The highest BCUT2D eigenvalue weighted by molar-refractivity contribution is 6.06. The zero-order chi connectivity index (χ0) is 90.7. The Bertz CT molecular complexity index is 6140. The SMILES string of the molecule is CCC(=O)c1cnc(NC(=O)C2CC2)cc1Nc1nccc(-c2ncn(C)n2)c1OC.CCC(=O)c1cnc(NC(=O)C2CC2)cc1Nc1nccc(-c2ncn(C)n2)c1OC.CCC(=O)c1cnc(NC(=O)C2CC2)cc1Nc1nccc(-c2ncn(CC)n2)c1OC.CCC(=O)c1cnc(Nc2cccc(C#N)n2)cc1Nc1nccc(-c2ncn(C)n2)c1OC. The first-order valence-corrected chi connectivity index (χ1v) is 40.9. The second kappa shape index (κ2) is 41.2. The number of hydrogen-bond donors (Lipinski definition) is 8. The van der Waals surface area contributed by atoms with E-state index in [1.54, 1.807) is 184 Å². The van der Waals surface area contributed by atoms with Crippen molar-refractivity contribution in [3.8, 4) is 74.6 Å². The Morgan fingerprint density at radius 2 is 0.672 bits per heavy atom. The molecule has 656 valence electrons. The van der Waals surface area contributed by atoms with Crippen LogP contribution in [0.3, 0.4) is 0 Å². The van der Waals surface area contributed by atoms with Gasteiger partial charge in [0.25, 0.3) is 0 Å². The highest BCUT2D eigenvalue weighted by atomic mass is 16.5. The molecule has 128 heavy (non-hydrogen) atoms. The Hall–Kier alpha value is -16.3. The number of ketones is 4. The smallest absolute Gasteiger partial charge is 0.228 e. The van der Waals surface area contributed by atoms with Crippen molar-refractivity contribution >= 4 is 116 Å². The number of ether oxygens (including phenoxy) is 4. The number of anilines is 13. The molecular weight excluding hydrogens is 1640 g/mol. The van der Waals surface area contributed by atoms with Gasteiger partial charge in [-0.05, 0) is 81.8 Å². The van der Waals surface area contributed by atoms with Crippen LogP contribution in [0.15, 0.2) is 142 Å². The Morgan fingerprint density at radius 1 is 0.375 bits per heavy atom. The summed E-state index contributed by atoms with van der Waals surface area (Å²) in [7, 11) is 11.5. The van der Waals surface area contributed by atoms with E-state index in [0.29, 0.717) is 198 Å². The molecule has 0 aliphatic heterocycles. The van der Waals surface area contributed by atoms with Crippen molar-refractivity contribution in [3.63, 3.8) is 0 Å². The predicted molar refractivity (Wildman–Crippen MR) is 473 cm³/mol. The summed E-state index contributed by atoms with van der Waals surface area (Å²) in [5, 5.41) is 50.7.